The summed E-state index contributed by atoms with van der Waals surface area (Å²) in [6, 6.07) is 1.83. The van der Waals surface area contributed by atoms with Gasteiger partial charge in [0.2, 0.25) is 6.73 Å². The maximum Gasteiger partial charge on any atom is 0.519 e. The normalized spacial score (nSPS) is 17.2. The first-order valence-corrected chi connectivity index (χ1v) is 7.43. The largest absolute Gasteiger partial charge is 0.519 e. The molecule has 0 atom stereocenters. The molecule has 6 heteroatoms. The van der Waals surface area contributed by atoms with E-state index in [2.05, 4.69) is 20.9 Å². The molecule has 1 saturated heterocycles. The van der Waals surface area contributed by atoms with Crippen LogP contribution in [0.4, 0.5) is 4.79 Å². The van der Waals surface area contributed by atoms with Crippen molar-refractivity contribution in [1.82, 2.24) is 4.98 Å². The van der Waals surface area contributed by atoms with E-state index < -0.39 is 5.60 Å². The number of quaternary nitrogens is 1. The Bertz CT molecular complexity index is 495. The summed E-state index contributed by atoms with van der Waals surface area (Å²) in [6.45, 7) is 7.43. The number of rotatable bonds is 3. The van der Waals surface area contributed by atoms with Gasteiger partial charge in [-0.05, 0) is 42.8 Å². The lowest BCUT2D eigenvalue weighted by molar-refractivity contribution is -0.911. The van der Waals surface area contributed by atoms with Gasteiger partial charge in [0.25, 0.3) is 0 Å². The van der Waals surface area contributed by atoms with Gasteiger partial charge in [0.05, 0.1) is 19.3 Å². The van der Waals surface area contributed by atoms with Crippen LogP contribution in [0, 0.1) is 0 Å². The van der Waals surface area contributed by atoms with Crippen molar-refractivity contribution in [2.24, 2.45) is 0 Å². The number of likely N-dealkylation sites (tertiary alicyclic amines) is 1. The van der Waals surface area contributed by atoms with Crippen LogP contribution in [0.5, 0.6) is 5.75 Å². The molecule has 1 aliphatic rings. The van der Waals surface area contributed by atoms with E-state index in [1.54, 1.807) is 12.4 Å². The third kappa shape index (κ3) is 3.70. The van der Waals surface area contributed by atoms with Gasteiger partial charge in [-0.25, -0.2) is 0 Å². The fourth-order valence-electron chi connectivity index (χ4n) is 1.93. The summed E-state index contributed by atoms with van der Waals surface area (Å²) in [5, 5.41) is 0. The van der Waals surface area contributed by atoms with Gasteiger partial charge in [0, 0.05) is 17.1 Å². The molecular formula is C14H20BrN2O3+. The Labute approximate surface area is 127 Å². The highest BCUT2D eigenvalue weighted by Crippen LogP contribution is 2.26. The summed E-state index contributed by atoms with van der Waals surface area (Å²) in [5.41, 5.74) is -0.477. The van der Waals surface area contributed by atoms with Crippen LogP contribution in [-0.4, -0.2) is 41.0 Å². The summed E-state index contributed by atoms with van der Waals surface area (Å²) in [4.78, 5) is 16.3. The minimum atomic E-state index is -0.477. The van der Waals surface area contributed by atoms with E-state index in [0.29, 0.717) is 5.75 Å². The minimum absolute atomic E-state index is 0.216. The smallest absolute Gasteiger partial charge is 0.443 e. The molecule has 0 N–H and O–H groups in total. The number of aromatic nitrogens is 1. The van der Waals surface area contributed by atoms with Gasteiger partial charge in [0.1, 0.15) is 11.4 Å². The van der Waals surface area contributed by atoms with Gasteiger partial charge >= 0.3 is 6.09 Å². The van der Waals surface area contributed by atoms with Crippen molar-refractivity contribution in [1.29, 1.82) is 0 Å². The fraction of sp³-hybridized carbons (Fsp3) is 0.571. The number of carbonyl (C=O) groups excluding carboxylic acids is 1. The first-order chi connectivity index (χ1) is 9.31. The van der Waals surface area contributed by atoms with E-state index in [1.807, 2.05) is 26.8 Å². The van der Waals surface area contributed by atoms with E-state index in [9.17, 15) is 4.79 Å². The van der Waals surface area contributed by atoms with Crippen LogP contribution in [0.1, 0.15) is 27.2 Å². The number of amides is 1. The lowest BCUT2D eigenvalue weighted by atomic mass is 10.1. The Kier molecular flexibility index (Phi) is 4.34. The zero-order valence-electron chi connectivity index (χ0n) is 12.1. The van der Waals surface area contributed by atoms with E-state index in [1.165, 1.54) is 0 Å². The second-order valence-corrected chi connectivity index (χ2v) is 6.95. The molecule has 1 aromatic heterocycles. The van der Waals surface area contributed by atoms with Crippen LogP contribution >= 0.6 is 15.9 Å². The molecule has 1 fully saturated rings. The molecular weight excluding hydrogens is 324 g/mol. The number of pyridine rings is 1. The molecule has 1 aromatic rings. The fourth-order valence-corrected chi connectivity index (χ4v) is 2.28. The summed E-state index contributed by atoms with van der Waals surface area (Å²) < 4.78 is 12.3. The van der Waals surface area contributed by atoms with Gasteiger partial charge in [-0.3, -0.25) is 4.98 Å². The molecule has 0 unspecified atom stereocenters. The first-order valence-electron chi connectivity index (χ1n) is 6.64. The molecule has 1 aliphatic heterocycles. The van der Waals surface area contributed by atoms with Crippen LogP contribution in [0.15, 0.2) is 22.9 Å². The van der Waals surface area contributed by atoms with Crippen LogP contribution < -0.4 is 4.74 Å². The molecule has 20 heavy (non-hydrogen) atoms. The second kappa shape index (κ2) is 5.69. The number of hydrogen-bond donors (Lipinski definition) is 0. The third-order valence-corrected chi connectivity index (χ3v) is 3.54. The topological polar surface area (TPSA) is 48.4 Å². The average molecular weight is 344 g/mol. The van der Waals surface area contributed by atoms with Crippen molar-refractivity contribution in [2.45, 2.75) is 32.8 Å². The number of nitrogens with zero attached hydrogens (tertiary/aromatic N) is 2. The molecule has 5 nitrogen and oxygen atoms in total. The van der Waals surface area contributed by atoms with Crippen molar-refractivity contribution in [3.63, 3.8) is 0 Å². The molecule has 0 saturated carbocycles. The lowest BCUT2D eigenvalue weighted by Crippen LogP contribution is -2.64. The molecule has 0 radical (unpaired) electrons. The van der Waals surface area contributed by atoms with E-state index in [4.69, 9.17) is 9.47 Å². The quantitative estimate of drug-likeness (QED) is 0.789. The second-order valence-electron chi connectivity index (χ2n) is 6.04. The number of ether oxygens (including phenoxy) is 2. The molecule has 2 rings (SSSR count). The van der Waals surface area contributed by atoms with Gasteiger partial charge in [0.15, 0.2) is 0 Å². The van der Waals surface area contributed by atoms with E-state index in [0.717, 1.165) is 24.0 Å². The Morgan fingerprint density at radius 2 is 2.10 bits per heavy atom. The summed E-state index contributed by atoms with van der Waals surface area (Å²) in [6.07, 6.45) is 4.12. The van der Waals surface area contributed by atoms with Crippen LogP contribution in [-0.2, 0) is 4.74 Å². The minimum Gasteiger partial charge on any atom is -0.443 e. The Morgan fingerprint density at radius 3 is 2.60 bits per heavy atom. The van der Waals surface area contributed by atoms with Crippen LogP contribution in [0.2, 0.25) is 0 Å². The van der Waals surface area contributed by atoms with Crippen LogP contribution in [0.3, 0.4) is 0 Å². The molecule has 110 valence electrons. The third-order valence-electron chi connectivity index (χ3n) is 3.11. The monoisotopic (exact) mass is 343 g/mol. The molecule has 0 bridgehead atoms. The lowest BCUT2D eigenvalue weighted by Gasteiger charge is -2.41. The van der Waals surface area contributed by atoms with Crippen molar-refractivity contribution in [2.75, 3.05) is 19.8 Å². The first kappa shape index (κ1) is 15.3. The molecule has 1 amide bonds. The van der Waals surface area contributed by atoms with Gasteiger partial charge in [-0.2, -0.15) is 9.28 Å². The maximum atomic E-state index is 12.3. The van der Waals surface area contributed by atoms with Crippen LogP contribution in [0.25, 0.3) is 0 Å². The highest BCUT2D eigenvalue weighted by atomic mass is 79.9. The zero-order valence-corrected chi connectivity index (χ0v) is 13.6. The highest BCUT2D eigenvalue weighted by Gasteiger charge is 2.47. The Balaban J connectivity index is 2.00. The number of carbonyl (C=O) groups is 1. The summed E-state index contributed by atoms with van der Waals surface area (Å²) in [5.74, 6) is 0.646. The van der Waals surface area contributed by atoms with Gasteiger partial charge < -0.3 is 9.47 Å². The standard InChI is InChI=1S/C14H20BrN2O3/c1-14(2,3)20-13(18)17(5-4-6-17)10-19-12-7-11(15)8-16-9-12/h7-9H,4-6,10H2,1-3H3/q+1. The Hall–Kier alpha value is -1.14. The van der Waals surface area contributed by atoms with Gasteiger partial charge in [-0.15, -0.1) is 0 Å². The zero-order chi connectivity index (χ0) is 14.8. The predicted molar refractivity (Wildman–Crippen MR) is 78.3 cm³/mol. The maximum absolute atomic E-state index is 12.3. The number of halogens is 1. The van der Waals surface area contributed by atoms with E-state index >= 15 is 0 Å². The molecule has 0 spiro atoms. The van der Waals surface area contributed by atoms with Crippen molar-refractivity contribution >= 4 is 22.0 Å². The molecule has 0 aliphatic carbocycles. The molecule has 0 aromatic carbocycles. The molecule has 2 heterocycles. The highest BCUT2D eigenvalue weighted by molar-refractivity contribution is 9.10. The van der Waals surface area contributed by atoms with Gasteiger partial charge in [-0.1, -0.05) is 0 Å². The summed E-state index contributed by atoms with van der Waals surface area (Å²) >= 11 is 3.34. The Morgan fingerprint density at radius 1 is 1.40 bits per heavy atom. The number of hydrogen-bond acceptors (Lipinski definition) is 4. The van der Waals surface area contributed by atoms with Crippen molar-refractivity contribution < 1.29 is 18.8 Å². The SMILES string of the molecule is CC(C)(C)OC(=O)[N+]1(COc2cncc(Br)c2)CCC1. The summed E-state index contributed by atoms with van der Waals surface area (Å²) in [7, 11) is 0. The van der Waals surface area contributed by atoms with E-state index in [-0.39, 0.29) is 17.3 Å². The average Bonchev–Trinajstić information content (AvgIpc) is 2.25. The van der Waals surface area contributed by atoms with Crippen molar-refractivity contribution in [3.05, 3.63) is 22.9 Å². The van der Waals surface area contributed by atoms with Crippen molar-refractivity contribution in [3.8, 4) is 5.75 Å². The predicted octanol–water partition coefficient (Wildman–Crippen LogP) is 3.34.